The monoisotopic (exact) mass is 249 g/mol. The zero-order valence-corrected chi connectivity index (χ0v) is 11.1. The fraction of sp³-hybridized carbons (Fsp3) is 0.500. The number of ketones is 1. The summed E-state index contributed by atoms with van der Waals surface area (Å²) in [6, 6.07) is 5.67. The molecule has 0 saturated carbocycles. The van der Waals surface area contributed by atoms with Crippen LogP contribution in [0.5, 0.6) is 11.5 Å². The summed E-state index contributed by atoms with van der Waals surface area (Å²) in [6.45, 7) is 3.41. The second-order valence-electron chi connectivity index (χ2n) is 4.79. The van der Waals surface area contributed by atoms with Gasteiger partial charge in [0.2, 0.25) is 0 Å². The van der Waals surface area contributed by atoms with E-state index in [1.54, 1.807) is 14.0 Å². The van der Waals surface area contributed by atoms with Gasteiger partial charge in [0.1, 0.15) is 11.9 Å². The summed E-state index contributed by atoms with van der Waals surface area (Å²) < 4.78 is 11.3. The smallest absolute Gasteiger partial charge is 0.165 e. The van der Waals surface area contributed by atoms with Gasteiger partial charge in [-0.1, -0.05) is 12.1 Å². The third-order valence-electron chi connectivity index (χ3n) is 3.03. The molecule has 1 aliphatic rings. The van der Waals surface area contributed by atoms with Gasteiger partial charge in [0.25, 0.3) is 0 Å². The van der Waals surface area contributed by atoms with Crippen LogP contribution in [0.4, 0.5) is 0 Å². The van der Waals surface area contributed by atoms with Crippen molar-refractivity contribution in [3.63, 3.8) is 0 Å². The molecule has 0 atom stereocenters. The number of likely N-dealkylation sites (tertiary alicyclic amines) is 1. The molecule has 0 unspecified atom stereocenters. The SMILES string of the molecule is COc1cccc(CC(C)=O)c1OC1CN(C)C1. The van der Waals surface area contributed by atoms with Gasteiger partial charge >= 0.3 is 0 Å². The number of benzene rings is 1. The molecule has 1 aliphatic heterocycles. The number of methoxy groups -OCH3 is 1. The Hall–Kier alpha value is -1.55. The van der Waals surface area contributed by atoms with Crippen molar-refractivity contribution in [2.75, 3.05) is 27.2 Å². The number of rotatable bonds is 5. The molecular formula is C14H19NO3. The molecule has 18 heavy (non-hydrogen) atoms. The van der Waals surface area contributed by atoms with Gasteiger partial charge in [-0.05, 0) is 20.0 Å². The van der Waals surface area contributed by atoms with Gasteiger partial charge in [0.15, 0.2) is 11.5 Å². The fourth-order valence-electron chi connectivity index (χ4n) is 2.15. The highest BCUT2D eigenvalue weighted by molar-refractivity contribution is 5.79. The van der Waals surface area contributed by atoms with E-state index in [0.29, 0.717) is 17.9 Å². The maximum atomic E-state index is 11.3. The van der Waals surface area contributed by atoms with E-state index in [9.17, 15) is 4.79 Å². The van der Waals surface area contributed by atoms with Crippen molar-refractivity contribution in [3.05, 3.63) is 23.8 Å². The number of carbonyl (C=O) groups is 1. The molecule has 4 nitrogen and oxygen atoms in total. The largest absolute Gasteiger partial charge is 0.493 e. The van der Waals surface area contributed by atoms with Crippen LogP contribution in [0.3, 0.4) is 0 Å². The van der Waals surface area contributed by atoms with E-state index in [4.69, 9.17) is 9.47 Å². The maximum absolute atomic E-state index is 11.3. The molecule has 4 heteroatoms. The molecule has 0 bridgehead atoms. The summed E-state index contributed by atoms with van der Waals surface area (Å²) in [4.78, 5) is 13.5. The van der Waals surface area contributed by atoms with Gasteiger partial charge in [0.05, 0.1) is 7.11 Å². The molecule has 1 saturated heterocycles. The van der Waals surface area contributed by atoms with Crippen LogP contribution in [0.2, 0.25) is 0 Å². The Kier molecular flexibility index (Phi) is 3.87. The van der Waals surface area contributed by atoms with Crippen LogP contribution in [0.1, 0.15) is 12.5 Å². The topological polar surface area (TPSA) is 38.8 Å². The standard InChI is InChI=1S/C14H19NO3/c1-10(16)7-11-5-4-6-13(17-3)14(11)18-12-8-15(2)9-12/h4-6,12H,7-9H2,1-3H3. The first-order chi connectivity index (χ1) is 8.60. The van der Waals surface area contributed by atoms with Crippen molar-refractivity contribution in [1.82, 2.24) is 4.90 Å². The summed E-state index contributed by atoms with van der Waals surface area (Å²) in [5.74, 6) is 1.54. The van der Waals surface area contributed by atoms with Crippen LogP contribution in [-0.4, -0.2) is 44.0 Å². The molecule has 0 amide bonds. The number of ether oxygens (including phenoxy) is 2. The Morgan fingerprint density at radius 3 is 2.72 bits per heavy atom. The minimum atomic E-state index is 0.124. The summed E-state index contributed by atoms with van der Waals surface area (Å²) in [5, 5.41) is 0. The van der Waals surface area contributed by atoms with Crippen LogP contribution in [0.25, 0.3) is 0 Å². The molecule has 1 aromatic rings. The average Bonchev–Trinajstić information content (AvgIpc) is 2.28. The molecule has 0 radical (unpaired) electrons. The third-order valence-corrected chi connectivity index (χ3v) is 3.03. The highest BCUT2D eigenvalue weighted by Crippen LogP contribution is 2.33. The fourth-order valence-corrected chi connectivity index (χ4v) is 2.15. The second-order valence-corrected chi connectivity index (χ2v) is 4.79. The number of hydrogen-bond donors (Lipinski definition) is 0. The van der Waals surface area contributed by atoms with Gasteiger partial charge in [-0.3, -0.25) is 9.69 Å². The van der Waals surface area contributed by atoms with Gasteiger partial charge in [-0.25, -0.2) is 0 Å². The van der Waals surface area contributed by atoms with Crippen LogP contribution in [0, 0.1) is 0 Å². The zero-order chi connectivity index (χ0) is 13.1. The Labute approximate surface area is 107 Å². The summed E-state index contributed by atoms with van der Waals surface area (Å²) in [6.07, 6.45) is 0.576. The van der Waals surface area contributed by atoms with Gasteiger partial charge < -0.3 is 9.47 Å². The quantitative estimate of drug-likeness (QED) is 0.793. The molecule has 1 heterocycles. The van der Waals surface area contributed by atoms with E-state index in [1.165, 1.54) is 0 Å². The van der Waals surface area contributed by atoms with E-state index in [-0.39, 0.29) is 11.9 Å². The normalized spacial score (nSPS) is 16.2. The zero-order valence-electron chi connectivity index (χ0n) is 11.1. The minimum absolute atomic E-state index is 0.124. The lowest BCUT2D eigenvalue weighted by molar-refractivity contribution is -0.116. The molecule has 98 valence electrons. The first-order valence-corrected chi connectivity index (χ1v) is 6.10. The number of Topliss-reactive ketones (excluding diaryl/α,β-unsaturated/α-hetero) is 1. The van der Waals surface area contributed by atoms with E-state index < -0.39 is 0 Å². The number of hydrogen-bond acceptors (Lipinski definition) is 4. The van der Waals surface area contributed by atoms with Gasteiger partial charge in [0, 0.05) is 25.1 Å². The first kappa shape index (κ1) is 12.9. The first-order valence-electron chi connectivity index (χ1n) is 6.10. The van der Waals surface area contributed by atoms with E-state index in [0.717, 1.165) is 18.7 Å². The number of likely N-dealkylation sites (N-methyl/N-ethyl adjacent to an activating group) is 1. The molecule has 2 rings (SSSR count). The highest BCUT2D eigenvalue weighted by atomic mass is 16.5. The van der Waals surface area contributed by atoms with Crippen molar-refractivity contribution in [3.8, 4) is 11.5 Å². The Morgan fingerprint density at radius 1 is 1.44 bits per heavy atom. The number of para-hydroxylation sites is 1. The predicted octanol–water partition coefficient (Wildman–Crippen LogP) is 1.52. The van der Waals surface area contributed by atoms with Crippen LogP contribution in [0.15, 0.2) is 18.2 Å². The van der Waals surface area contributed by atoms with Crippen molar-refractivity contribution in [2.45, 2.75) is 19.4 Å². The Bertz CT molecular complexity index is 439. The van der Waals surface area contributed by atoms with Crippen molar-refractivity contribution in [1.29, 1.82) is 0 Å². The summed E-state index contributed by atoms with van der Waals surface area (Å²) in [5.41, 5.74) is 0.899. The predicted molar refractivity (Wildman–Crippen MR) is 69.3 cm³/mol. The van der Waals surface area contributed by atoms with E-state index in [1.807, 2.05) is 18.2 Å². The lowest BCUT2D eigenvalue weighted by Gasteiger charge is -2.36. The molecule has 1 aromatic carbocycles. The maximum Gasteiger partial charge on any atom is 0.165 e. The third kappa shape index (κ3) is 2.82. The van der Waals surface area contributed by atoms with E-state index in [2.05, 4.69) is 11.9 Å². The average molecular weight is 249 g/mol. The molecule has 0 N–H and O–H groups in total. The lowest BCUT2D eigenvalue weighted by atomic mass is 10.1. The van der Waals surface area contributed by atoms with Crippen molar-refractivity contribution < 1.29 is 14.3 Å². The van der Waals surface area contributed by atoms with Crippen molar-refractivity contribution >= 4 is 5.78 Å². The minimum Gasteiger partial charge on any atom is -0.493 e. The molecule has 0 spiro atoms. The van der Waals surface area contributed by atoms with Gasteiger partial charge in [-0.2, -0.15) is 0 Å². The Balaban J connectivity index is 2.20. The number of carbonyl (C=O) groups excluding carboxylic acids is 1. The summed E-state index contributed by atoms with van der Waals surface area (Å²) >= 11 is 0. The highest BCUT2D eigenvalue weighted by Gasteiger charge is 2.27. The molecule has 1 fully saturated rings. The van der Waals surface area contributed by atoms with Crippen molar-refractivity contribution in [2.24, 2.45) is 0 Å². The van der Waals surface area contributed by atoms with E-state index >= 15 is 0 Å². The number of nitrogens with zero attached hydrogens (tertiary/aromatic N) is 1. The van der Waals surface area contributed by atoms with Crippen LogP contribution >= 0.6 is 0 Å². The van der Waals surface area contributed by atoms with Crippen LogP contribution < -0.4 is 9.47 Å². The van der Waals surface area contributed by atoms with Gasteiger partial charge in [-0.15, -0.1) is 0 Å². The second kappa shape index (κ2) is 5.40. The summed E-state index contributed by atoms with van der Waals surface area (Å²) in [7, 11) is 3.67. The Morgan fingerprint density at radius 2 is 2.17 bits per heavy atom. The van der Waals surface area contributed by atoms with Crippen LogP contribution in [-0.2, 0) is 11.2 Å². The molecular weight excluding hydrogens is 230 g/mol. The lowest BCUT2D eigenvalue weighted by Crippen LogP contribution is -2.51. The molecule has 0 aromatic heterocycles. The molecule has 0 aliphatic carbocycles.